The third-order valence-corrected chi connectivity index (χ3v) is 4.79. The molecular weight excluding hydrogens is 230 g/mol. The molecule has 0 unspecified atom stereocenters. The molecule has 0 aliphatic rings. The Hall–Kier alpha value is -1.21. The Morgan fingerprint density at radius 2 is 2.12 bits per heavy atom. The molecule has 0 bridgehead atoms. The van der Waals surface area contributed by atoms with Gasteiger partial charge in [0.1, 0.15) is 11.9 Å². The predicted octanol–water partition coefficient (Wildman–Crippen LogP) is 3.29. The number of nitrogens with zero attached hydrogens (tertiary/aromatic N) is 2. The summed E-state index contributed by atoms with van der Waals surface area (Å²) in [5.74, 6) is 0.837. The zero-order valence-corrected chi connectivity index (χ0v) is 11.5. The van der Waals surface area contributed by atoms with Gasteiger partial charge in [0.25, 0.3) is 0 Å². The van der Waals surface area contributed by atoms with Crippen LogP contribution in [0.3, 0.4) is 0 Å². The number of aromatic nitrogens is 1. The van der Waals surface area contributed by atoms with Crippen molar-refractivity contribution in [2.24, 2.45) is 0 Å². The lowest BCUT2D eigenvalue weighted by molar-refractivity contribution is 0.574. The topological polar surface area (TPSA) is 48.7 Å². The number of thioether (sulfide) groups is 1. The molecule has 17 heavy (non-hydrogen) atoms. The van der Waals surface area contributed by atoms with Gasteiger partial charge in [-0.15, -0.1) is 0 Å². The Morgan fingerprint density at radius 1 is 1.41 bits per heavy atom. The molecule has 1 heterocycles. The molecule has 0 atom stereocenters. The molecule has 0 saturated heterocycles. The van der Waals surface area contributed by atoms with Crippen molar-refractivity contribution < 1.29 is 0 Å². The number of nitriles is 1. The Balaban J connectivity index is 2.63. The number of anilines is 1. The molecule has 0 aromatic carbocycles. The van der Waals surface area contributed by atoms with Gasteiger partial charge in [-0.1, -0.05) is 13.8 Å². The number of hydrogen-bond acceptors (Lipinski definition) is 4. The first-order valence-electron chi connectivity index (χ1n) is 5.85. The lowest BCUT2D eigenvalue weighted by atomic mass is 10.0. The van der Waals surface area contributed by atoms with Gasteiger partial charge in [-0.25, -0.2) is 4.98 Å². The van der Waals surface area contributed by atoms with Crippen LogP contribution in [0.5, 0.6) is 0 Å². The van der Waals surface area contributed by atoms with Crippen LogP contribution in [0.4, 0.5) is 5.82 Å². The van der Waals surface area contributed by atoms with E-state index in [0.29, 0.717) is 5.56 Å². The molecule has 1 aromatic rings. The van der Waals surface area contributed by atoms with Gasteiger partial charge in [-0.05, 0) is 31.2 Å². The fourth-order valence-corrected chi connectivity index (χ4v) is 2.47. The molecule has 92 valence electrons. The van der Waals surface area contributed by atoms with Crippen LogP contribution in [0.2, 0.25) is 0 Å². The Labute approximate surface area is 108 Å². The summed E-state index contributed by atoms with van der Waals surface area (Å²) in [7, 11) is 0. The molecule has 0 aliphatic carbocycles. The third-order valence-electron chi connectivity index (χ3n) is 3.21. The standard InChI is InChI=1S/C13H19N3S/c1-4-13(5-2,17-3)10-16-12-7-6-11(8-14)9-15-12/h6-7,9H,4-5,10H2,1-3H3,(H,15,16). The highest BCUT2D eigenvalue weighted by Crippen LogP contribution is 2.30. The molecular formula is C13H19N3S. The molecule has 1 aromatic heterocycles. The van der Waals surface area contributed by atoms with Crippen molar-refractivity contribution in [3.63, 3.8) is 0 Å². The maximum absolute atomic E-state index is 8.69. The first kappa shape index (κ1) is 13.9. The van der Waals surface area contributed by atoms with Crippen molar-refractivity contribution >= 4 is 17.6 Å². The van der Waals surface area contributed by atoms with Gasteiger partial charge in [0.15, 0.2) is 0 Å². The van der Waals surface area contributed by atoms with Crippen molar-refractivity contribution in [1.82, 2.24) is 4.98 Å². The molecule has 1 N–H and O–H groups in total. The molecule has 4 heteroatoms. The lowest BCUT2D eigenvalue weighted by Gasteiger charge is -2.30. The van der Waals surface area contributed by atoms with E-state index in [1.54, 1.807) is 12.3 Å². The third kappa shape index (κ3) is 3.64. The molecule has 0 fully saturated rings. The highest BCUT2D eigenvalue weighted by molar-refractivity contribution is 8.00. The summed E-state index contributed by atoms with van der Waals surface area (Å²) in [6.07, 6.45) is 6.02. The van der Waals surface area contributed by atoms with Crippen LogP contribution in [0, 0.1) is 11.3 Å². The van der Waals surface area contributed by atoms with E-state index in [4.69, 9.17) is 5.26 Å². The zero-order chi connectivity index (χ0) is 12.7. The highest BCUT2D eigenvalue weighted by atomic mass is 32.2. The number of rotatable bonds is 6. The Morgan fingerprint density at radius 3 is 2.53 bits per heavy atom. The monoisotopic (exact) mass is 249 g/mol. The molecule has 0 radical (unpaired) electrons. The van der Waals surface area contributed by atoms with E-state index in [1.165, 1.54) is 0 Å². The summed E-state index contributed by atoms with van der Waals surface area (Å²) in [4.78, 5) is 4.21. The zero-order valence-electron chi connectivity index (χ0n) is 10.7. The Kier molecular flexibility index (Phi) is 5.30. The number of pyridine rings is 1. The molecule has 0 saturated carbocycles. The van der Waals surface area contributed by atoms with Gasteiger partial charge >= 0.3 is 0 Å². The van der Waals surface area contributed by atoms with Gasteiger partial charge in [0.05, 0.1) is 5.56 Å². The van der Waals surface area contributed by atoms with Crippen molar-refractivity contribution in [3.05, 3.63) is 23.9 Å². The van der Waals surface area contributed by atoms with Crippen molar-refractivity contribution in [2.45, 2.75) is 31.4 Å². The van der Waals surface area contributed by atoms with E-state index < -0.39 is 0 Å². The summed E-state index contributed by atoms with van der Waals surface area (Å²) < 4.78 is 0.273. The van der Waals surface area contributed by atoms with E-state index in [-0.39, 0.29) is 4.75 Å². The first-order chi connectivity index (χ1) is 8.19. The number of nitrogens with one attached hydrogen (secondary N) is 1. The minimum atomic E-state index is 0.273. The predicted molar refractivity (Wildman–Crippen MR) is 74.3 cm³/mol. The van der Waals surface area contributed by atoms with Crippen molar-refractivity contribution in [3.8, 4) is 6.07 Å². The van der Waals surface area contributed by atoms with Crippen LogP contribution in [-0.4, -0.2) is 22.5 Å². The minimum Gasteiger partial charge on any atom is -0.369 e. The van der Waals surface area contributed by atoms with E-state index in [1.807, 2.05) is 17.8 Å². The van der Waals surface area contributed by atoms with E-state index in [2.05, 4.69) is 36.5 Å². The molecule has 0 spiro atoms. The van der Waals surface area contributed by atoms with E-state index in [9.17, 15) is 0 Å². The normalized spacial score (nSPS) is 10.9. The van der Waals surface area contributed by atoms with Crippen LogP contribution in [0.15, 0.2) is 18.3 Å². The largest absolute Gasteiger partial charge is 0.369 e. The number of hydrogen-bond donors (Lipinski definition) is 1. The quantitative estimate of drug-likeness (QED) is 0.840. The van der Waals surface area contributed by atoms with Crippen molar-refractivity contribution in [1.29, 1.82) is 5.26 Å². The first-order valence-corrected chi connectivity index (χ1v) is 7.07. The average molecular weight is 249 g/mol. The minimum absolute atomic E-state index is 0.273. The lowest BCUT2D eigenvalue weighted by Crippen LogP contribution is -2.32. The summed E-state index contributed by atoms with van der Waals surface area (Å²) >= 11 is 1.90. The molecule has 0 amide bonds. The molecule has 0 aliphatic heterocycles. The summed E-state index contributed by atoms with van der Waals surface area (Å²) in [5.41, 5.74) is 0.595. The molecule has 1 rings (SSSR count). The summed E-state index contributed by atoms with van der Waals surface area (Å²) in [6, 6.07) is 5.71. The van der Waals surface area contributed by atoms with Crippen LogP contribution < -0.4 is 5.32 Å². The van der Waals surface area contributed by atoms with Gasteiger partial charge in [-0.3, -0.25) is 0 Å². The fourth-order valence-electron chi connectivity index (χ4n) is 1.68. The fraction of sp³-hybridized carbons (Fsp3) is 0.538. The van der Waals surface area contributed by atoms with Crippen LogP contribution in [0.25, 0.3) is 0 Å². The maximum Gasteiger partial charge on any atom is 0.126 e. The second kappa shape index (κ2) is 6.51. The maximum atomic E-state index is 8.69. The second-order valence-electron chi connectivity index (χ2n) is 3.99. The van der Waals surface area contributed by atoms with Gasteiger partial charge < -0.3 is 5.32 Å². The Bertz CT molecular complexity index is 368. The van der Waals surface area contributed by atoms with Gasteiger partial charge in [-0.2, -0.15) is 17.0 Å². The highest BCUT2D eigenvalue weighted by Gasteiger charge is 2.24. The van der Waals surface area contributed by atoms with Gasteiger partial charge in [0.2, 0.25) is 0 Å². The molecule has 3 nitrogen and oxygen atoms in total. The SMILES string of the molecule is CCC(CC)(CNc1ccc(C#N)cn1)SC. The van der Waals surface area contributed by atoms with Crippen LogP contribution >= 0.6 is 11.8 Å². The smallest absolute Gasteiger partial charge is 0.126 e. The van der Waals surface area contributed by atoms with Crippen LogP contribution in [0.1, 0.15) is 32.3 Å². The van der Waals surface area contributed by atoms with Crippen molar-refractivity contribution in [2.75, 3.05) is 18.1 Å². The average Bonchev–Trinajstić information content (AvgIpc) is 2.41. The van der Waals surface area contributed by atoms with E-state index >= 15 is 0 Å². The van der Waals surface area contributed by atoms with Crippen LogP contribution in [-0.2, 0) is 0 Å². The van der Waals surface area contributed by atoms with E-state index in [0.717, 1.165) is 25.2 Å². The summed E-state index contributed by atoms with van der Waals surface area (Å²) in [5, 5.41) is 12.0. The summed E-state index contributed by atoms with van der Waals surface area (Å²) in [6.45, 7) is 5.34. The van der Waals surface area contributed by atoms with Gasteiger partial charge in [0, 0.05) is 17.5 Å². The second-order valence-corrected chi connectivity index (χ2v) is 5.27.